The van der Waals surface area contributed by atoms with E-state index in [2.05, 4.69) is 5.32 Å². The molecule has 0 fully saturated rings. The van der Waals surface area contributed by atoms with Crippen LogP contribution in [0.5, 0.6) is 11.5 Å². The van der Waals surface area contributed by atoms with Gasteiger partial charge in [-0.15, -0.1) is 0 Å². The van der Waals surface area contributed by atoms with Crippen molar-refractivity contribution in [1.29, 1.82) is 5.41 Å². The highest BCUT2D eigenvalue weighted by Gasteiger charge is 2.17. The molecular formula is C19H25N3O3. The largest absolute Gasteiger partial charge is 0.488 e. The molecule has 0 amide bonds. The van der Waals surface area contributed by atoms with E-state index in [1.54, 1.807) is 32.0 Å². The normalized spacial score (nSPS) is 11.0. The van der Waals surface area contributed by atoms with Gasteiger partial charge in [0.2, 0.25) is 0 Å². The highest BCUT2D eigenvalue weighted by Crippen LogP contribution is 2.37. The van der Waals surface area contributed by atoms with Gasteiger partial charge in [-0.3, -0.25) is 5.41 Å². The first-order valence-electron chi connectivity index (χ1n) is 8.12. The molecule has 0 aromatic heterocycles. The number of para-hydroxylation sites is 1. The first-order valence-corrected chi connectivity index (χ1v) is 8.12. The Hall–Kier alpha value is -2.73. The van der Waals surface area contributed by atoms with Gasteiger partial charge in [0.1, 0.15) is 12.4 Å². The van der Waals surface area contributed by atoms with Gasteiger partial charge in [0.05, 0.1) is 17.9 Å². The second-order valence-electron chi connectivity index (χ2n) is 6.28. The quantitative estimate of drug-likeness (QED) is 0.435. The van der Waals surface area contributed by atoms with E-state index in [0.29, 0.717) is 23.7 Å². The van der Waals surface area contributed by atoms with E-state index in [-0.39, 0.29) is 12.4 Å². The maximum absolute atomic E-state index is 9.87. The van der Waals surface area contributed by atoms with Crippen molar-refractivity contribution in [3.05, 3.63) is 48.0 Å². The van der Waals surface area contributed by atoms with Crippen molar-refractivity contribution in [2.24, 2.45) is 5.73 Å². The Labute approximate surface area is 148 Å². The first kappa shape index (κ1) is 18.6. The summed E-state index contributed by atoms with van der Waals surface area (Å²) in [5.41, 5.74) is 6.80. The van der Waals surface area contributed by atoms with Crippen molar-refractivity contribution in [1.82, 2.24) is 0 Å². The number of anilines is 2. The molecule has 25 heavy (non-hydrogen) atoms. The van der Waals surface area contributed by atoms with Gasteiger partial charge in [-0.05, 0) is 57.2 Å². The lowest BCUT2D eigenvalue weighted by Crippen LogP contribution is -2.28. The Morgan fingerprint density at radius 3 is 2.40 bits per heavy atom. The van der Waals surface area contributed by atoms with E-state index >= 15 is 0 Å². The molecular weight excluding hydrogens is 318 g/mol. The molecule has 0 bridgehead atoms. The number of hydrogen-bond acceptors (Lipinski definition) is 5. The summed E-state index contributed by atoms with van der Waals surface area (Å²) in [6.45, 7) is 5.92. The van der Waals surface area contributed by atoms with Gasteiger partial charge in [-0.1, -0.05) is 6.07 Å². The van der Waals surface area contributed by atoms with Crippen molar-refractivity contribution in [3.63, 3.8) is 0 Å². The predicted octanol–water partition coefficient (Wildman–Crippen LogP) is 3.26. The van der Waals surface area contributed by atoms with Crippen LogP contribution in [-0.2, 0) is 0 Å². The molecule has 6 nitrogen and oxygen atoms in total. The van der Waals surface area contributed by atoms with Crippen LogP contribution in [0.25, 0.3) is 0 Å². The highest BCUT2D eigenvalue weighted by molar-refractivity contribution is 5.95. The molecule has 0 aliphatic heterocycles. The maximum atomic E-state index is 9.87. The van der Waals surface area contributed by atoms with E-state index in [1.165, 1.54) is 0 Å². The molecule has 6 heteroatoms. The smallest absolute Gasteiger partial charge is 0.184 e. The third kappa shape index (κ3) is 5.39. The molecule has 134 valence electrons. The van der Waals surface area contributed by atoms with Crippen LogP contribution in [-0.4, -0.2) is 29.8 Å². The molecule has 0 unspecified atom stereocenters. The van der Waals surface area contributed by atoms with E-state index in [9.17, 15) is 5.11 Å². The fourth-order valence-electron chi connectivity index (χ4n) is 2.16. The van der Waals surface area contributed by atoms with Gasteiger partial charge >= 0.3 is 0 Å². The molecule has 0 aliphatic carbocycles. The minimum absolute atomic E-state index is 0.0311. The summed E-state index contributed by atoms with van der Waals surface area (Å²) in [4.78, 5) is 0. The molecule has 0 spiro atoms. The molecule has 5 N–H and O–H groups in total. The highest BCUT2D eigenvalue weighted by atomic mass is 16.5. The minimum atomic E-state index is -0.935. The number of ether oxygens (including phenoxy) is 2. The van der Waals surface area contributed by atoms with Crippen LogP contribution in [0.15, 0.2) is 42.5 Å². The molecule has 0 heterocycles. The summed E-state index contributed by atoms with van der Waals surface area (Å²) >= 11 is 0. The zero-order chi connectivity index (χ0) is 18.4. The fourth-order valence-corrected chi connectivity index (χ4v) is 2.16. The van der Waals surface area contributed by atoms with E-state index < -0.39 is 5.60 Å². The zero-order valence-corrected chi connectivity index (χ0v) is 14.8. The summed E-state index contributed by atoms with van der Waals surface area (Å²) in [5.74, 6) is 1.18. The number of benzene rings is 2. The van der Waals surface area contributed by atoms with Gasteiger partial charge in [0, 0.05) is 11.3 Å². The summed E-state index contributed by atoms with van der Waals surface area (Å²) in [7, 11) is 0. The molecule has 2 aromatic rings. The van der Waals surface area contributed by atoms with Crippen molar-refractivity contribution in [3.8, 4) is 11.5 Å². The number of aliphatic hydroxyl groups is 1. The van der Waals surface area contributed by atoms with Gasteiger partial charge in [-0.2, -0.15) is 0 Å². The molecule has 2 aromatic carbocycles. The number of nitrogens with one attached hydrogen (secondary N) is 2. The number of nitrogens with two attached hydrogens (primary N) is 1. The third-order valence-corrected chi connectivity index (χ3v) is 3.32. The lowest BCUT2D eigenvalue weighted by molar-refractivity contribution is 0.0275. The van der Waals surface area contributed by atoms with E-state index in [4.69, 9.17) is 20.6 Å². The van der Waals surface area contributed by atoms with Crippen LogP contribution in [0.2, 0.25) is 0 Å². The van der Waals surface area contributed by atoms with Gasteiger partial charge in [0.15, 0.2) is 11.5 Å². The van der Waals surface area contributed by atoms with Crippen molar-refractivity contribution in [2.45, 2.75) is 26.4 Å². The number of nitrogen functional groups attached to an aromatic ring is 1. The monoisotopic (exact) mass is 343 g/mol. The molecule has 0 aliphatic rings. The molecule has 0 saturated heterocycles. The second-order valence-corrected chi connectivity index (χ2v) is 6.28. The van der Waals surface area contributed by atoms with Crippen molar-refractivity contribution in [2.75, 3.05) is 18.5 Å². The zero-order valence-electron chi connectivity index (χ0n) is 14.8. The van der Waals surface area contributed by atoms with Crippen LogP contribution in [0, 0.1) is 5.41 Å². The Morgan fingerprint density at radius 1 is 1.16 bits per heavy atom. The Morgan fingerprint density at radius 2 is 1.84 bits per heavy atom. The lowest BCUT2D eigenvalue weighted by Gasteiger charge is -2.21. The number of hydrogen-bond donors (Lipinski definition) is 4. The van der Waals surface area contributed by atoms with Crippen molar-refractivity contribution < 1.29 is 14.6 Å². The van der Waals surface area contributed by atoms with Crippen LogP contribution < -0.4 is 20.5 Å². The van der Waals surface area contributed by atoms with Gasteiger partial charge in [-0.25, -0.2) is 0 Å². The van der Waals surface area contributed by atoms with Crippen LogP contribution in [0.4, 0.5) is 11.4 Å². The van der Waals surface area contributed by atoms with Crippen LogP contribution in [0.3, 0.4) is 0 Å². The number of rotatable bonds is 8. The summed E-state index contributed by atoms with van der Waals surface area (Å²) < 4.78 is 11.5. The minimum Gasteiger partial charge on any atom is -0.488 e. The van der Waals surface area contributed by atoms with Gasteiger partial charge in [0.25, 0.3) is 0 Å². The average Bonchev–Trinajstić information content (AvgIpc) is 2.55. The average molecular weight is 343 g/mol. The summed E-state index contributed by atoms with van der Waals surface area (Å²) in [6.07, 6.45) is 0. The third-order valence-electron chi connectivity index (χ3n) is 3.32. The summed E-state index contributed by atoms with van der Waals surface area (Å²) in [5, 5.41) is 20.6. The Kier molecular flexibility index (Phi) is 5.88. The molecule has 0 atom stereocenters. The van der Waals surface area contributed by atoms with Gasteiger partial charge < -0.3 is 25.6 Å². The maximum Gasteiger partial charge on any atom is 0.184 e. The summed E-state index contributed by atoms with van der Waals surface area (Å²) in [6, 6.07) is 12.8. The lowest BCUT2D eigenvalue weighted by atomic mass is 10.1. The van der Waals surface area contributed by atoms with E-state index in [1.807, 2.05) is 31.2 Å². The SMILES string of the molecule is CCOc1c(Nc2ccc(C(=N)N)cc2)cccc1OCC(C)(C)O. The first-order chi connectivity index (χ1) is 11.8. The molecule has 0 saturated carbocycles. The molecule has 0 radical (unpaired) electrons. The molecule has 2 rings (SSSR count). The van der Waals surface area contributed by atoms with Crippen LogP contribution >= 0.6 is 0 Å². The standard InChI is InChI=1S/C19H25N3O3/c1-4-24-17-15(6-5-7-16(17)25-12-19(2,3)23)22-14-10-8-13(9-11-14)18(20)21/h5-11,22-23H,4,12H2,1-3H3,(H3,20,21). The predicted molar refractivity (Wildman–Crippen MR) is 100 cm³/mol. The number of amidine groups is 1. The Bertz CT molecular complexity index is 722. The van der Waals surface area contributed by atoms with Crippen LogP contribution in [0.1, 0.15) is 26.3 Å². The fraction of sp³-hybridized carbons (Fsp3) is 0.316. The van der Waals surface area contributed by atoms with Crippen molar-refractivity contribution >= 4 is 17.2 Å². The topological polar surface area (TPSA) is 101 Å². The second kappa shape index (κ2) is 7.90. The van der Waals surface area contributed by atoms with E-state index in [0.717, 1.165) is 11.4 Å². The Balaban J connectivity index is 2.25.